The molecule has 4 nitrogen and oxygen atoms in total. The van der Waals surface area contributed by atoms with Crippen molar-refractivity contribution in [2.75, 3.05) is 7.11 Å². The van der Waals surface area contributed by atoms with E-state index in [0.717, 1.165) is 9.79 Å². The minimum atomic E-state index is -1.04. The van der Waals surface area contributed by atoms with Gasteiger partial charge in [0.1, 0.15) is 0 Å². The van der Waals surface area contributed by atoms with Crippen LogP contribution in [0.2, 0.25) is 5.02 Å². The van der Waals surface area contributed by atoms with Crippen LogP contribution < -0.4 is 4.74 Å². The number of carbonyl (C=O) groups is 1. The highest BCUT2D eigenvalue weighted by atomic mass is 35.5. The monoisotopic (exact) mass is 295 g/mol. The second kappa shape index (κ2) is 5.95. The van der Waals surface area contributed by atoms with Crippen molar-refractivity contribution >= 4 is 29.3 Å². The van der Waals surface area contributed by atoms with Gasteiger partial charge < -0.3 is 9.84 Å². The number of benzene rings is 1. The molecule has 0 unspecified atom stereocenters. The van der Waals surface area contributed by atoms with Gasteiger partial charge in [0, 0.05) is 22.1 Å². The Morgan fingerprint density at radius 1 is 1.32 bits per heavy atom. The van der Waals surface area contributed by atoms with Gasteiger partial charge in [-0.2, -0.15) is 0 Å². The van der Waals surface area contributed by atoms with E-state index in [4.69, 9.17) is 21.4 Å². The molecule has 1 aromatic carbocycles. The van der Waals surface area contributed by atoms with Gasteiger partial charge in [-0.15, -0.1) is 0 Å². The van der Waals surface area contributed by atoms with Crippen molar-refractivity contribution in [3.63, 3.8) is 0 Å². The van der Waals surface area contributed by atoms with Gasteiger partial charge in [0.25, 0.3) is 0 Å². The Hall–Kier alpha value is -1.72. The molecule has 0 fully saturated rings. The normalized spacial score (nSPS) is 10.2. The van der Waals surface area contributed by atoms with Crippen LogP contribution in [0.15, 0.2) is 46.3 Å². The van der Waals surface area contributed by atoms with E-state index in [-0.39, 0.29) is 10.6 Å². The summed E-state index contributed by atoms with van der Waals surface area (Å²) < 4.78 is 5.03. The highest BCUT2D eigenvalue weighted by Crippen LogP contribution is 2.31. The van der Waals surface area contributed by atoms with Gasteiger partial charge in [0.05, 0.1) is 17.7 Å². The summed E-state index contributed by atoms with van der Waals surface area (Å²) in [4.78, 5) is 16.7. The van der Waals surface area contributed by atoms with Crippen LogP contribution in [0.4, 0.5) is 0 Å². The molecule has 0 atom stereocenters. The highest BCUT2D eigenvalue weighted by molar-refractivity contribution is 7.99. The second-order valence-electron chi connectivity index (χ2n) is 3.58. The van der Waals surface area contributed by atoms with E-state index in [1.165, 1.54) is 11.8 Å². The van der Waals surface area contributed by atoms with Gasteiger partial charge in [-0.25, -0.2) is 9.78 Å². The topological polar surface area (TPSA) is 59.4 Å². The molecule has 2 aromatic rings. The van der Waals surface area contributed by atoms with Crippen LogP contribution in [0.25, 0.3) is 0 Å². The third-order valence-electron chi connectivity index (χ3n) is 2.32. The van der Waals surface area contributed by atoms with Crippen molar-refractivity contribution in [2.45, 2.75) is 9.79 Å². The van der Waals surface area contributed by atoms with E-state index in [1.807, 2.05) is 6.07 Å². The summed E-state index contributed by atoms with van der Waals surface area (Å²) in [6.45, 7) is 0. The number of aromatic carboxylic acids is 1. The van der Waals surface area contributed by atoms with Crippen molar-refractivity contribution in [3.8, 4) is 5.88 Å². The highest BCUT2D eigenvalue weighted by Gasteiger charge is 2.10. The predicted octanol–water partition coefficient (Wildman–Crippen LogP) is 3.59. The van der Waals surface area contributed by atoms with Crippen LogP contribution in [-0.2, 0) is 0 Å². The molecule has 98 valence electrons. The Morgan fingerprint density at radius 2 is 2.05 bits per heavy atom. The molecule has 2 rings (SSSR count). The lowest BCUT2D eigenvalue weighted by Gasteiger charge is -2.05. The third kappa shape index (κ3) is 3.39. The number of hydrogen-bond acceptors (Lipinski definition) is 4. The number of pyridine rings is 1. The first kappa shape index (κ1) is 13.7. The molecule has 0 bridgehead atoms. The first-order valence-corrected chi connectivity index (χ1v) is 6.50. The summed E-state index contributed by atoms with van der Waals surface area (Å²) in [6, 6.07) is 8.49. The molecule has 0 aliphatic carbocycles. The Balaban J connectivity index is 2.28. The minimum absolute atomic E-state index is 0.0905. The van der Waals surface area contributed by atoms with E-state index in [1.54, 1.807) is 37.6 Å². The Kier molecular flexibility index (Phi) is 4.29. The zero-order valence-corrected chi connectivity index (χ0v) is 11.5. The number of halogens is 1. The van der Waals surface area contributed by atoms with Crippen LogP contribution >= 0.6 is 23.4 Å². The lowest BCUT2D eigenvalue weighted by molar-refractivity contribution is 0.0697. The van der Waals surface area contributed by atoms with Crippen molar-refractivity contribution in [1.29, 1.82) is 0 Å². The molecule has 0 aliphatic heterocycles. The minimum Gasteiger partial charge on any atom is -0.481 e. The van der Waals surface area contributed by atoms with E-state index >= 15 is 0 Å². The summed E-state index contributed by atoms with van der Waals surface area (Å²) in [5.74, 6) is -0.530. The lowest BCUT2D eigenvalue weighted by Crippen LogP contribution is -1.97. The second-order valence-corrected chi connectivity index (χ2v) is 5.14. The molecule has 0 radical (unpaired) electrons. The van der Waals surface area contributed by atoms with Gasteiger partial charge >= 0.3 is 5.97 Å². The first-order valence-electron chi connectivity index (χ1n) is 5.31. The molecule has 6 heteroatoms. The number of carboxylic acid groups (broad SMARTS) is 1. The number of ether oxygens (including phenoxy) is 1. The molecule has 1 aromatic heterocycles. The molecular weight excluding hydrogens is 286 g/mol. The Labute approximate surface area is 119 Å². The van der Waals surface area contributed by atoms with E-state index < -0.39 is 5.97 Å². The van der Waals surface area contributed by atoms with E-state index in [9.17, 15) is 4.79 Å². The number of methoxy groups -OCH3 is 1. The SMILES string of the molecule is COc1cc(Sc2ccc(Cl)c(C(=O)O)c2)ccn1. The average Bonchev–Trinajstić information content (AvgIpc) is 2.41. The summed E-state index contributed by atoms with van der Waals surface area (Å²) in [7, 11) is 1.54. The number of carboxylic acids is 1. The maximum absolute atomic E-state index is 11.0. The fourth-order valence-electron chi connectivity index (χ4n) is 1.43. The third-order valence-corrected chi connectivity index (χ3v) is 3.63. The lowest BCUT2D eigenvalue weighted by atomic mass is 10.2. The van der Waals surface area contributed by atoms with Gasteiger partial charge in [0.15, 0.2) is 0 Å². The van der Waals surface area contributed by atoms with Gasteiger partial charge in [-0.3, -0.25) is 0 Å². The summed E-state index contributed by atoms with van der Waals surface area (Å²) in [6.07, 6.45) is 1.63. The molecule has 0 saturated carbocycles. The average molecular weight is 296 g/mol. The molecule has 19 heavy (non-hydrogen) atoms. The standard InChI is InChI=1S/C13H10ClNO3S/c1-18-12-7-9(4-5-15-12)19-8-2-3-11(14)10(6-8)13(16)17/h2-7H,1H3,(H,16,17). The van der Waals surface area contributed by atoms with Crippen molar-refractivity contribution in [3.05, 3.63) is 47.1 Å². The van der Waals surface area contributed by atoms with Crippen molar-refractivity contribution in [2.24, 2.45) is 0 Å². The van der Waals surface area contributed by atoms with Gasteiger partial charge in [-0.05, 0) is 24.3 Å². The van der Waals surface area contributed by atoms with E-state index in [0.29, 0.717) is 5.88 Å². The quantitative estimate of drug-likeness (QED) is 0.934. The maximum Gasteiger partial charge on any atom is 0.337 e. The zero-order valence-electron chi connectivity index (χ0n) is 9.96. The summed E-state index contributed by atoms with van der Waals surface area (Å²) in [5, 5.41) is 9.24. The maximum atomic E-state index is 11.0. The van der Waals surface area contributed by atoms with Crippen LogP contribution in [0.5, 0.6) is 5.88 Å². The fraction of sp³-hybridized carbons (Fsp3) is 0.0769. The molecule has 0 aliphatic rings. The number of nitrogens with zero attached hydrogens (tertiary/aromatic N) is 1. The molecule has 0 spiro atoms. The molecular formula is C13H10ClNO3S. The Bertz CT molecular complexity index is 619. The smallest absolute Gasteiger partial charge is 0.337 e. The first-order chi connectivity index (χ1) is 9.10. The van der Waals surface area contributed by atoms with Crippen LogP contribution in [0.3, 0.4) is 0 Å². The molecule has 1 N–H and O–H groups in total. The number of aromatic nitrogens is 1. The van der Waals surface area contributed by atoms with Crippen LogP contribution in [0, 0.1) is 0 Å². The zero-order chi connectivity index (χ0) is 13.8. The molecule has 1 heterocycles. The Morgan fingerprint density at radius 3 is 2.74 bits per heavy atom. The number of rotatable bonds is 4. The van der Waals surface area contributed by atoms with Crippen LogP contribution in [0.1, 0.15) is 10.4 Å². The van der Waals surface area contributed by atoms with Crippen molar-refractivity contribution < 1.29 is 14.6 Å². The molecule has 0 amide bonds. The van der Waals surface area contributed by atoms with Gasteiger partial charge in [-0.1, -0.05) is 23.4 Å². The summed E-state index contributed by atoms with van der Waals surface area (Å²) in [5.41, 5.74) is 0.0905. The fourth-order valence-corrected chi connectivity index (χ4v) is 2.51. The number of hydrogen-bond donors (Lipinski definition) is 1. The predicted molar refractivity (Wildman–Crippen MR) is 73.3 cm³/mol. The van der Waals surface area contributed by atoms with Crippen molar-refractivity contribution in [1.82, 2.24) is 4.98 Å². The van der Waals surface area contributed by atoms with E-state index in [2.05, 4.69) is 4.98 Å². The largest absolute Gasteiger partial charge is 0.481 e. The molecule has 0 saturated heterocycles. The summed E-state index contributed by atoms with van der Waals surface area (Å²) >= 11 is 7.24. The van der Waals surface area contributed by atoms with Crippen LogP contribution in [-0.4, -0.2) is 23.2 Å². The van der Waals surface area contributed by atoms with Gasteiger partial charge in [0.2, 0.25) is 5.88 Å².